The number of allylic oxidation sites excluding steroid dienone is 6. The topological polar surface area (TPSA) is 17.1 Å². The molecular formula is C12H12O. The quantitative estimate of drug-likeness (QED) is 0.548. The van der Waals surface area contributed by atoms with Crippen LogP contribution in [0.4, 0.5) is 0 Å². The summed E-state index contributed by atoms with van der Waals surface area (Å²) in [5.41, 5.74) is 3.93. The van der Waals surface area contributed by atoms with E-state index in [2.05, 4.69) is 26.0 Å². The van der Waals surface area contributed by atoms with E-state index in [1.54, 1.807) is 0 Å². The van der Waals surface area contributed by atoms with Crippen molar-refractivity contribution in [2.45, 2.75) is 20.3 Å². The Morgan fingerprint density at radius 1 is 1.38 bits per heavy atom. The lowest BCUT2D eigenvalue weighted by atomic mass is 9.76. The molecule has 1 saturated carbocycles. The first-order valence-corrected chi connectivity index (χ1v) is 4.77. The van der Waals surface area contributed by atoms with Crippen LogP contribution < -0.4 is 0 Å². The lowest BCUT2D eigenvalue weighted by molar-refractivity contribution is -0.122. The van der Waals surface area contributed by atoms with Crippen LogP contribution in [0.1, 0.15) is 20.3 Å². The summed E-state index contributed by atoms with van der Waals surface area (Å²) in [6.45, 7) is 4.12. The highest BCUT2D eigenvalue weighted by molar-refractivity contribution is 6.01. The zero-order chi connectivity index (χ0) is 9.22. The predicted octanol–water partition coefficient (Wildman–Crippen LogP) is 2.41. The zero-order valence-electron chi connectivity index (χ0n) is 7.92. The monoisotopic (exact) mass is 172 g/mol. The van der Waals surface area contributed by atoms with Gasteiger partial charge < -0.3 is 0 Å². The molecule has 0 aromatic heterocycles. The number of hydrogen-bond donors (Lipinski definition) is 0. The predicted molar refractivity (Wildman–Crippen MR) is 51.1 cm³/mol. The number of rotatable bonds is 0. The second-order valence-electron chi connectivity index (χ2n) is 4.73. The Bertz CT molecular complexity index is 405. The van der Waals surface area contributed by atoms with Crippen molar-refractivity contribution in [3.05, 3.63) is 34.9 Å². The van der Waals surface area contributed by atoms with Crippen molar-refractivity contribution >= 4 is 5.78 Å². The first-order chi connectivity index (χ1) is 6.10. The first kappa shape index (κ1) is 7.31. The van der Waals surface area contributed by atoms with Crippen LogP contribution in [-0.2, 0) is 4.79 Å². The molecule has 3 aliphatic carbocycles. The molecule has 0 saturated heterocycles. The third-order valence-corrected chi connectivity index (χ3v) is 3.59. The summed E-state index contributed by atoms with van der Waals surface area (Å²) < 4.78 is 0. The largest absolute Gasteiger partial charge is 0.294 e. The van der Waals surface area contributed by atoms with Gasteiger partial charge in [-0.15, -0.1) is 0 Å². The van der Waals surface area contributed by atoms with Gasteiger partial charge in [-0.05, 0) is 23.6 Å². The summed E-state index contributed by atoms with van der Waals surface area (Å²) in [5.74, 6) is 0.700. The van der Waals surface area contributed by atoms with Crippen LogP contribution in [0, 0.1) is 11.3 Å². The van der Waals surface area contributed by atoms with E-state index in [4.69, 9.17) is 0 Å². The molecule has 1 fully saturated rings. The number of fused-ring (bicyclic) bond motifs is 5. The average molecular weight is 172 g/mol. The van der Waals surface area contributed by atoms with E-state index in [1.165, 1.54) is 16.7 Å². The minimum absolute atomic E-state index is 0.183. The summed E-state index contributed by atoms with van der Waals surface area (Å²) in [4.78, 5) is 11.7. The van der Waals surface area contributed by atoms with Gasteiger partial charge in [0.05, 0.1) is 0 Å². The normalized spacial score (nSPS) is 32.9. The number of ketones is 1. The zero-order valence-corrected chi connectivity index (χ0v) is 7.92. The van der Waals surface area contributed by atoms with E-state index < -0.39 is 0 Å². The molecule has 1 atom stereocenters. The van der Waals surface area contributed by atoms with Gasteiger partial charge >= 0.3 is 0 Å². The van der Waals surface area contributed by atoms with Gasteiger partial charge in [0, 0.05) is 11.3 Å². The van der Waals surface area contributed by atoms with E-state index in [1.807, 2.05) is 6.08 Å². The third-order valence-electron chi connectivity index (χ3n) is 3.59. The molecule has 0 amide bonds. The molecule has 0 aromatic rings. The van der Waals surface area contributed by atoms with E-state index >= 15 is 0 Å². The Hall–Kier alpha value is -1.11. The van der Waals surface area contributed by atoms with Gasteiger partial charge in [0.15, 0.2) is 5.78 Å². The number of carbonyl (C=O) groups excluding carboxylic acids is 1. The van der Waals surface area contributed by atoms with Crippen molar-refractivity contribution in [1.29, 1.82) is 0 Å². The number of carbonyl (C=O) groups is 1. The van der Waals surface area contributed by atoms with Crippen molar-refractivity contribution in [1.82, 2.24) is 0 Å². The van der Waals surface area contributed by atoms with E-state index in [0.717, 1.165) is 6.42 Å². The van der Waals surface area contributed by atoms with Crippen LogP contribution in [0.15, 0.2) is 34.9 Å². The molecule has 1 unspecified atom stereocenters. The van der Waals surface area contributed by atoms with Crippen LogP contribution in [-0.4, -0.2) is 5.78 Å². The smallest absolute Gasteiger partial charge is 0.162 e. The highest BCUT2D eigenvalue weighted by atomic mass is 16.1. The van der Waals surface area contributed by atoms with Gasteiger partial charge in [-0.1, -0.05) is 31.6 Å². The Kier molecular flexibility index (Phi) is 1.05. The van der Waals surface area contributed by atoms with Crippen LogP contribution in [0.5, 0.6) is 0 Å². The van der Waals surface area contributed by atoms with Gasteiger partial charge in [-0.3, -0.25) is 4.79 Å². The average Bonchev–Trinajstić information content (AvgIpc) is 2.66. The standard InChI is InChI=1S/C12H12O/c1-12(2)10(13)6-9-7-3-4-8(5-7)11(9)12/h3-4,6,11H,5H2,1-2H3. The molecule has 2 bridgehead atoms. The SMILES string of the molecule is CC1(C)C(=O)C=C2C3=CC=C(C3)C21. The lowest BCUT2D eigenvalue weighted by Crippen LogP contribution is -2.26. The highest BCUT2D eigenvalue weighted by Gasteiger charge is 2.50. The summed E-state index contributed by atoms with van der Waals surface area (Å²) in [5, 5.41) is 0. The fraction of sp³-hybridized carbons (Fsp3) is 0.417. The Morgan fingerprint density at radius 3 is 2.85 bits per heavy atom. The van der Waals surface area contributed by atoms with Crippen molar-refractivity contribution in [2.75, 3.05) is 0 Å². The molecule has 0 spiro atoms. The summed E-state index contributed by atoms with van der Waals surface area (Å²) in [6, 6.07) is 0. The van der Waals surface area contributed by atoms with Crippen molar-refractivity contribution in [3.8, 4) is 0 Å². The molecule has 3 aliphatic rings. The Balaban J connectivity index is 2.20. The van der Waals surface area contributed by atoms with Gasteiger partial charge in [-0.25, -0.2) is 0 Å². The van der Waals surface area contributed by atoms with E-state index in [-0.39, 0.29) is 5.41 Å². The highest BCUT2D eigenvalue weighted by Crippen LogP contribution is 2.56. The summed E-state index contributed by atoms with van der Waals surface area (Å²) in [7, 11) is 0. The Morgan fingerprint density at radius 2 is 2.15 bits per heavy atom. The van der Waals surface area contributed by atoms with Gasteiger partial charge in [0.2, 0.25) is 0 Å². The number of hydrogen-bond acceptors (Lipinski definition) is 1. The van der Waals surface area contributed by atoms with Crippen LogP contribution in [0.3, 0.4) is 0 Å². The van der Waals surface area contributed by atoms with Crippen molar-refractivity contribution < 1.29 is 4.79 Å². The first-order valence-electron chi connectivity index (χ1n) is 4.77. The molecule has 1 heteroatoms. The van der Waals surface area contributed by atoms with Gasteiger partial charge in [-0.2, -0.15) is 0 Å². The third kappa shape index (κ3) is 0.668. The van der Waals surface area contributed by atoms with Crippen LogP contribution in [0.25, 0.3) is 0 Å². The second kappa shape index (κ2) is 1.87. The molecule has 13 heavy (non-hydrogen) atoms. The van der Waals surface area contributed by atoms with Crippen LogP contribution in [0.2, 0.25) is 0 Å². The summed E-state index contributed by atoms with van der Waals surface area (Å²) >= 11 is 0. The lowest BCUT2D eigenvalue weighted by Gasteiger charge is -2.26. The molecule has 3 rings (SSSR count). The van der Waals surface area contributed by atoms with Gasteiger partial charge in [0.1, 0.15) is 0 Å². The molecular weight excluding hydrogens is 160 g/mol. The molecule has 1 nitrogen and oxygen atoms in total. The molecule has 0 radical (unpaired) electrons. The minimum Gasteiger partial charge on any atom is -0.294 e. The molecule has 0 heterocycles. The van der Waals surface area contributed by atoms with Crippen LogP contribution >= 0.6 is 0 Å². The maximum absolute atomic E-state index is 11.7. The Labute approximate surface area is 77.8 Å². The fourth-order valence-corrected chi connectivity index (χ4v) is 2.82. The van der Waals surface area contributed by atoms with E-state index in [9.17, 15) is 4.79 Å². The summed E-state index contributed by atoms with van der Waals surface area (Å²) in [6.07, 6.45) is 7.30. The van der Waals surface area contributed by atoms with Crippen molar-refractivity contribution in [2.24, 2.45) is 11.3 Å². The minimum atomic E-state index is -0.183. The molecule has 0 aliphatic heterocycles. The molecule has 66 valence electrons. The van der Waals surface area contributed by atoms with E-state index in [0.29, 0.717) is 11.7 Å². The molecule has 0 aromatic carbocycles. The fourth-order valence-electron chi connectivity index (χ4n) is 2.82. The van der Waals surface area contributed by atoms with Gasteiger partial charge in [0.25, 0.3) is 0 Å². The van der Waals surface area contributed by atoms with Crippen molar-refractivity contribution in [3.63, 3.8) is 0 Å². The second-order valence-corrected chi connectivity index (χ2v) is 4.73. The maximum atomic E-state index is 11.7. The molecule has 0 N–H and O–H groups in total. The maximum Gasteiger partial charge on any atom is 0.162 e.